The fourth-order valence-corrected chi connectivity index (χ4v) is 6.91. The van der Waals surface area contributed by atoms with Crippen molar-refractivity contribution in [3.8, 4) is 0 Å². The van der Waals surface area contributed by atoms with Gasteiger partial charge in [0.1, 0.15) is 6.10 Å². The topological polar surface area (TPSA) is 41.9 Å². The summed E-state index contributed by atoms with van der Waals surface area (Å²) in [5, 5.41) is 12.4. The lowest BCUT2D eigenvalue weighted by Gasteiger charge is -2.44. The van der Waals surface area contributed by atoms with Crippen LogP contribution in [0.25, 0.3) is 0 Å². The summed E-state index contributed by atoms with van der Waals surface area (Å²) in [6, 6.07) is 10.8. The summed E-state index contributed by atoms with van der Waals surface area (Å²) in [4.78, 5) is 5.61. The highest BCUT2D eigenvalue weighted by atomic mass is 79.9. The average Bonchev–Trinajstić information content (AvgIpc) is 2.96. The number of ether oxygens (including phenoxy) is 1. The Morgan fingerprint density at radius 2 is 2.11 bits per heavy atom. The van der Waals surface area contributed by atoms with Gasteiger partial charge in [-0.1, -0.05) is 46.3 Å². The zero-order valence-corrected chi connectivity index (χ0v) is 17.9. The predicted octanol–water partition coefficient (Wildman–Crippen LogP) is 4.55. The van der Waals surface area contributed by atoms with Crippen LogP contribution in [0.5, 0.6) is 0 Å². The molecule has 4 unspecified atom stereocenters. The maximum absolute atomic E-state index is 10.5. The zero-order valence-electron chi connectivity index (χ0n) is 16.3. The summed E-state index contributed by atoms with van der Waals surface area (Å²) in [7, 11) is 1.72. The Morgan fingerprint density at radius 1 is 1.29 bits per heavy atom. The first-order valence-electron chi connectivity index (χ1n) is 10.4. The maximum Gasteiger partial charge on any atom is 0.112 e. The van der Waals surface area contributed by atoms with Gasteiger partial charge in [-0.3, -0.25) is 9.90 Å². The first-order valence-corrected chi connectivity index (χ1v) is 11.2. The van der Waals surface area contributed by atoms with Crippen molar-refractivity contribution in [2.75, 3.05) is 13.7 Å². The van der Waals surface area contributed by atoms with E-state index in [9.17, 15) is 5.11 Å². The lowest BCUT2D eigenvalue weighted by Crippen LogP contribution is -2.42. The van der Waals surface area contributed by atoms with Gasteiger partial charge in [0.25, 0.3) is 0 Å². The number of benzene rings is 1. The molecule has 1 spiro atoms. The Balaban J connectivity index is 1.54. The molecule has 0 aromatic heterocycles. The predicted molar refractivity (Wildman–Crippen MR) is 111 cm³/mol. The van der Waals surface area contributed by atoms with Crippen LogP contribution in [0.3, 0.4) is 0 Å². The fraction of sp³-hybridized carbons (Fsp3) is 0.565. The lowest BCUT2D eigenvalue weighted by atomic mass is 9.60. The molecule has 0 bridgehead atoms. The van der Waals surface area contributed by atoms with Crippen LogP contribution in [0.2, 0.25) is 0 Å². The fourth-order valence-electron chi connectivity index (χ4n) is 6.05. The van der Waals surface area contributed by atoms with Crippen LogP contribution in [-0.2, 0) is 16.0 Å². The Bertz CT molecular complexity index is 807. The van der Waals surface area contributed by atoms with Crippen LogP contribution in [0.4, 0.5) is 0 Å². The molecule has 150 valence electrons. The van der Waals surface area contributed by atoms with Gasteiger partial charge >= 0.3 is 0 Å². The lowest BCUT2D eigenvalue weighted by molar-refractivity contribution is -0.0968. The number of nitrogens with zero attached hydrogens (tertiary/aromatic N) is 1. The van der Waals surface area contributed by atoms with Crippen LogP contribution in [-0.4, -0.2) is 36.0 Å². The Hall–Kier alpha value is -1.30. The SMILES string of the molecule is CON1C=C(Br)C23CC(Cc4ccccc4)CCC2OC2=C3C(C[C@@H](O)C2)C1. The van der Waals surface area contributed by atoms with E-state index in [0.29, 0.717) is 12.3 Å². The molecular weight excluding hydrogens is 418 g/mol. The van der Waals surface area contributed by atoms with Gasteiger partial charge in [-0.2, -0.15) is 0 Å². The zero-order chi connectivity index (χ0) is 19.3. The van der Waals surface area contributed by atoms with Gasteiger partial charge in [0.15, 0.2) is 0 Å². The second-order valence-corrected chi connectivity index (χ2v) is 9.66. The van der Waals surface area contributed by atoms with Gasteiger partial charge in [-0.15, -0.1) is 0 Å². The summed E-state index contributed by atoms with van der Waals surface area (Å²) in [6.45, 7) is 0.767. The summed E-state index contributed by atoms with van der Waals surface area (Å²) >= 11 is 3.96. The number of hydroxylamine groups is 2. The summed E-state index contributed by atoms with van der Waals surface area (Å²) in [5.41, 5.74) is 2.74. The highest BCUT2D eigenvalue weighted by Gasteiger charge is 2.59. The van der Waals surface area contributed by atoms with E-state index in [2.05, 4.69) is 52.5 Å². The molecule has 1 saturated carbocycles. The number of hydrogen-bond donors (Lipinski definition) is 1. The van der Waals surface area contributed by atoms with Crippen molar-refractivity contribution in [2.24, 2.45) is 17.3 Å². The molecule has 4 aliphatic rings. The molecule has 2 aliphatic heterocycles. The van der Waals surface area contributed by atoms with Gasteiger partial charge in [-0.05, 0) is 49.2 Å². The molecule has 0 radical (unpaired) electrons. The molecular formula is C23H28BrNO3. The average molecular weight is 446 g/mol. The number of hydrogen-bond acceptors (Lipinski definition) is 4. The molecule has 28 heavy (non-hydrogen) atoms. The van der Waals surface area contributed by atoms with Crippen molar-refractivity contribution in [3.05, 3.63) is 57.9 Å². The van der Waals surface area contributed by atoms with Crippen molar-refractivity contribution in [3.63, 3.8) is 0 Å². The molecule has 2 heterocycles. The van der Waals surface area contributed by atoms with Crippen molar-refractivity contribution < 1.29 is 14.7 Å². The van der Waals surface area contributed by atoms with E-state index in [1.165, 1.54) is 22.0 Å². The van der Waals surface area contributed by atoms with Crippen LogP contribution in [0.1, 0.15) is 37.7 Å². The quantitative estimate of drug-likeness (QED) is 0.740. The minimum absolute atomic E-state index is 0.106. The summed E-state index contributed by atoms with van der Waals surface area (Å²) < 4.78 is 7.70. The first kappa shape index (κ1) is 18.7. The van der Waals surface area contributed by atoms with Gasteiger partial charge in [0.05, 0.1) is 30.9 Å². The third kappa shape index (κ3) is 2.94. The summed E-state index contributed by atoms with van der Waals surface area (Å²) in [6.07, 6.45) is 7.84. The molecule has 1 fully saturated rings. The number of rotatable bonds is 3. The minimum Gasteiger partial charge on any atom is -0.493 e. The standard InChI is InChI=1S/C23H28BrNO3/c1-27-25-13-17-10-18(26)11-19-22(17)23(20(24)14-25)12-16(7-8-21(23)28-19)9-15-5-3-2-4-6-15/h2-6,14,16-18,21,26H,7-13H2,1H3/t16?,17?,18-,21?,23?/m1/s1. The van der Waals surface area contributed by atoms with Gasteiger partial charge in [0.2, 0.25) is 0 Å². The second kappa shape index (κ2) is 7.19. The normalized spacial score (nSPS) is 37.0. The van der Waals surface area contributed by atoms with Crippen molar-refractivity contribution in [1.82, 2.24) is 5.06 Å². The number of halogens is 1. The molecule has 0 saturated heterocycles. The Kier molecular flexibility index (Phi) is 4.80. The smallest absolute Gasteiger partial charge is 0.112 e. The van der Waals surface area contributed by atoms with E-state index in [-0.39, 0.29) is 23.5 Å². The van der Waals surface area contributed by atoms with Gasteiger partial charge in [-0.25, -0.2) is 0 Å². The third-order valence-corrected chi connectivity index (χ3v) is 8.05. The van der Waals surface area contributed by atoms with E-state index >= 15 is 0 Å². The van der Waals surface area contributed by atoms with Crippen molar-refractivity contribution in [2.45, 2.75) is 50.7 Å². The van der Waals surface area contributed by atoms with Crippen LogP contribution < -0.4 is 0 Å². The minimum atomic E-state index is -0.323. The Morgan fingerprint density at radius 3 is 2.89 bits per heavy atom. The Labute approximate surface area is 175 Å². The second-order valence-electron chi connectivity index (χ2n) is 8.80. The first-order chi connectivity index (χ1) is 13.6. The van der Waals surface area contributed by atoms with E-state index in [1.807, 2.05) is 5.06 Å². The molecule has 1 aromatic rings. The molecule has 0 amide bonds. The summed E-state index contributed by atoms with van der Waals surface area (Å²) in [5.74, 6) is 1.94. The van der Waals surface area contributed by atoms with Gasteiger partial charge < -0.3 is 9.84 Å². The largest absolute Gasteiger partial charge is 0.493 e. The van der Waals surface area contributed by atoms with Gasteiger partial charge in [0, 0.05) is 23.0 Å². The molecule has 5 atom stereocenters. The highest BCUT2D eigenvalue weighted by molar-refractivity contribution is 9.11. The molecule has 5 heteroatoms. The van der Waals surface area contributed by atoms with Crippen LogP contribution >= 0.6 is 15.9 Å². The van der Waals surface area contributed by atoms with Crippen molar-refractivity contribution >= 4 is 15.9 Å². The number of aliphatic hydroxyl groups excluding tert-OH is 1. The molecule has 2 aliphatic carbocycles. The molecule has 1 N–H and O–H groups in total. The third-order valence-electron chi connectivity index (χ3n) is 7.13. The van der Waals surface area contributed by atoms with E-state index in [1.54, 1.807) is 7.11 Å². The number of aliphatic hydroxyl groups is 1. The van der Waals surface area contributed by atoms with Crippen LogP contribution in [0.15, 0.2) is 52.3 Å². The molecule has 1 aromatic carbocycles. The van der Waals surface area contributed by atoms with E-state index in [0.717, 1.165) is 38.0 Å². The molecule has 4 nitrogen and oxygen atoms in total. The van der Waals surface area contributed by atoms with Crippen molar-refractivity contribution in [1.29, 1.82) is 0 Å². The van der Waals surface area contributed by atoms with E-state index < -0.39 is 0 Å². The monoisotopic (exact) mass is 445 g/mol. The van der Waals surface area contributed by atoms with Crippen LogP contribution in [0, 0.1) is 17.3 Å². The maximum atomic E-state index is 10.5. The molecule has 5 rings (SSSR count). The highest BCUT2D eigenvalue weighted by Crippen LogP contribution is 2.63. The van der Waals surface area contributed by atoms with E-state index in [4.69, 9.17) is 9.57 Å².